The molecule has 1 aliphatic heterocycles. The van der Waals surface area contributed by atoms with Gasteiger partial charge in [0.25, 0.3) is 0 Å². The number of nitrogens with one attached hydrogen (secondary N) is 1. The molecule has 0 spiro atoms. The van der Waals surface area contributed by atoms with Gasteiger partial charge in [-0.2, -0.15) is 0 Å². The van der Waals surface area contributed by atoms with E-state index in [4.69, 9.17) is 28.3 Å². The van der Waals surface area contributed by atoms with Crippen molar-refractivity contribution in [2.24, 2.45) is 0 Å². The zero-order chi connectivity index (χ0) is 24.1. The average molecular weight is 493 g/mol. The normalized spacial score (nSPS) is 19.4. The summed E-state index contributed by atoms with van der Waals surface area (Å²) in [5, 5.41) is 10.4. The summed E-state index contributed by atoms with van der Waals surface area (Å²) >= 11 is 13.4. The fraction of sp³-hybridized carbons (Fsp3) is 0.320. The van der Waals surface area contributed by atoms with Crippen LogP contribution in [-0.4, -0.2) is 39.2 Å². The lowest BCUT2D eigenvalue weighted by atomic mass is 9.87. The minimum absolute atomic E-state index is 0.0708. The highest BCUT2D eigenvalue weighted by atomic mass is 35.5. The number of alkyl halides is 1. The number of aromatic amines is 1. The topological polar surface area (TPSA) is 56.3 Å². The molecule has 0 radical (unpaired) electrons. The zero-order valence-electron chi connectivity index (χ0n) is 18.4. The third-order valence-electron chi connectivity index (χ3n) is 5.92. The number of H-pyrrole nitrogens is 1. The Labute approximate surface area is 200 Å². The molecule has 2 N–H and O–H groups in total. The molecular weight excluding hydrogens is 469 g/mol. The molecular formula is C25H24Cl2F2N2O2. The van der Waals surface area contributed by atoms with Crippen molar-refractivity contribution in [1.29, 1.82) is 0 Å². The van der Waals surface area contributed by atoms with E-state index >= 15 is 0 Å². The number of aromatic nitrogens is 1. The molecule has 3 aromatic rings. The number of halogens is 4. The Morgan fingerprint density at radius 2 is 1.94 bits per heavy atom. The molecule has 2 atom stereocenters. The standard InChI is InChI=1S/C25H24Cl2F2N2O2/c1-13-8-17-16-11-15(28)5-6-20(16)30-23(17)24(31(13)12-25(2,3)29)22-18(26)9-14(10-19(22)27)4-7-21(32)33/h4-7,9-11,13,24,30H,8,12H2,1-3H3,(H,32,33)/b7-4+. The molecule has 0 fully saturated rings. The van der Waals surface area contributed by atoms with Gasteiger partial charge < -0.3 is 10.1 Å². The second kappa shape index (κ2) is 8.75. The van der Waals surface area contributed by atoms with Gasteiger partial charge in [-0.1, -0.05) is 23.2 Å². The summed E-state index contributed by atoms with van der Waals surface area (Å²) in [4.78, 5) is 16.3. The first-order chi connectivity index (χ1) is 15.4. The smallest absolute Gasteiger partial charge is 0.328 e. The van der Waals surface area contributed by atoms with E-state index < -0.39 is 17.7 Å². The van der Waals surface area contributed by atoms with Crippen LogP contribution in [0.15, 0.2) is 36.4 Å². The highest BCUT2D eigenvalue weighted by Gasteiger charge is 2.40. The predicted molar refractivity (Wildman–Crippen MR) is 128 cm³/mol. The van der Waals surface area contributed by atoms with Gasteiger partial charge in [0.1, 0.15) is 11.5 Å². The molecule has 0 saturated heterocycles. The van der Waals surface area contributed by atoms with E-state index in [2.05, 4.69) is 4.98 Å². The minimum Gasteiger partial charge on any atom is -0.478 e. The molecule has 1 aromatic heterocycles. The van der Waals surface area contributed by atoms with Crippen LogP contribution in [0.5, 0.6) is 0 Å². The summed E-state index contributed by atoms with van der Waals surface area (Å²) in [7, 11) is 0. The highest BCUT2D eigenvalue weighted by molar-refractivity contribution is 6.36. The molecule has 0 bridgehead atoms. The van der Waals surface area contributed by atoms with Gasteiger partial charge >= 0.3 is 5.97 Å². The van der Waals surface area contributed by atoms with Crippen LogP contribution in [0.4, 0.5) is 8.78 Å². The summed E-state index contributed by atoms with van der Waals surface area (Å²) in [6.07, 6.45) is 3.03. The van der Waals surface area contributed by atoms with Crippen molar-refractivity contribution >= 4 is 46.2 Å². The number of aliphatic carboxylic acids is 1. The molecule has 2 unspecified atom stereocenters. The molecule has 2 heterocycles. The molecule has 8 heteroatoms. The zero-order valence-corrected chi connectivity index (χ0v) is 19.9. The maximum atomic E-state index is 14.9. The fourth-order valence-electron chi connectivity index (χ4n) is 4.65. The van der Waals surface area contributed by atoms with Crippen molar-refractivity contribution in [1.82, 2.24) is 9.88 Å². The van der Waals surface area contributed by atoms with Crippen LogP contribution in [0, 0.1) is 5.82 Å². The van der Waals surface area contributed by atoms with E-state index in [1.165, 1.54) is 32.1 Å². The monoisotopic (exact) mass is 492 g/mol. The van der Waals surface area contributed by atoms with Gasteiger partial charge in [0.2, 0.25) is 0 Å². The molecule has 4 rings (SSSR count). The first-order valence-corrected chi connectivity index (χ1v) is 11.3. The third-order valence-corrected chi connectivity index (χ3v) is 6.55. The fourth-order valence-corrected chi connectivity index (χ4v) is 5.36. The molecule has 4 nitrogen and oxygen atoms in total. The Morgan fingerprint density at radius 3 is 2.55 bits per heavy atom. The van der Waals surface area contributed by atoms with Crippen molar-refractivity contribution in [3.63, 3.8) is 0 Å². The predicted octanol–water partition coefficient (Wildman–Crippen LogP) is 6.80. The number of benzene rings is 2. The molecule has 0 amide bonds. The van der Waals surface area contributed by atoms with Gasteiger partial charge in [-0.25, -0.2) is 13.6 Å². The first kappa shape index (κ1) is 23.7. The molecule has 0 aliphatic carbocycles. The maximum Gasteiger partial charge on any atom is 0.328 e. The Balaban J connectivity index is 1.93. The van der Waals surface area contributed by atoms with Crippen molar-refractivity contribution in [3.05, 3.63) is 74.7 Å². The molecule has 33 heavy (non-hydrogen) atoms. The third kappa shape index (κ3) is 4.79. The van der Waals surface area contributed by atoms with Gasteiger partial charge in [-0.05, 0) is 74.7 Å². The van der Waals surface area contributed by atoms with Crippen LogP contribution in [0.2, 0.25) is 10.0 Å². The number of carboxylic acid groups (broad SMARTS) is 1. The molecule has 2 aromatic carbocycles. The largest absolute Gasteiger partial charge is 0.478 e. The second-order valence-corrected chi connectivity index (χ2v) is 9.94. The van der Waals surface area contributed by atoms with Gasteiger partial charge in [0, 0.05) is 50.9 Å². The summed E-state index contributed by atoms with van der Waals surface area (Å²) in [6, 6.07) is 7.31. The Hall–Kier alpha value is -2.41. The average Bonchev–Trinajstić information content (AvgIpc) is 3.04. The number of rotatable bonds is 5. The van der Waals surface area contributed by atoms with Crippen LogP contribution in [0.25, 0.3) is 17.0 Å². The van der Waals surface area contributed by atoms with E-state index in [0.717, 1.165) is 28.2 Å². The Bertz CT molecular complexity index is 1240. The lowest BCUT2D eigenvalue weighted by Crippen LogP contribution is -2.48. The Morgan fingerprint density at radius 1 is 1.27 bits per heavy atom. The van der Waals surface area contributed by atoms with Crippen LogP contribution in [0.3, 0.4) is 0 Å². The van der Waals surface area contributed by atoms with Gasteiger partial charge in [-0.3, -0.25) is 4.90 Å². The van der Waals surface area contributed by atoms with E-state index in [-0.39, 0.29) is 18.4 Å². The summed E-state index contributed by atoms with van der Waals surface area (Å²) < 4.78 is 28.9. The maximum absolute atomic E-state index is 14.9. The number of hydrogen-bond donors (Lipinski definition) is 2. The SMILES string of the molecule is CC1Cc2c([nH]c3ccc(F)cc23)C(c2c(Cl)cc(/C=C/C(=O)O)cc2Cl)N1CC(C)(C)F. The van der Waals surface area contributed by atoms with Gasteiger partial charge in [0.05, 0.1) is 6.04 Å². The molecule has 174 valence electrons. The number of nitrogens with zero attached hydrogens (tertiary/aromatic N) is 1. The van der Waals surface area contributed by atoms with Crippen LogP contribution < -0.4 is 0 Å². The summed E-state index contributed by atoms with van der Waals surface area (Å²) in [6.45, 7) is 5.19. The number of carboxylic acids is 1. The van der Waals surface area contributed by atoms with E-state index in [9.17, 15) is 13.6 Å². The van der Waals surface area contributed by atoms with Crippen LogP contribution >= 0.6 is 23.2 Å². The Kier molecular flexibility index (Phi) is 6.29. The van der Waals surface area contributed by atoms with E-state index in [0.29, 0.717) is 27.6 Å². The van der Waals surface area contributed by atoms with Gasteiger partial charge in [0.15, 0.2) is 0 Å². The van der Waals surface area contributed by atoms with Gasteiger partial charge in [-0.15, -0.1) is 0 Å². The van der Waals surface area contributed by atoms with Crippen molar-refractivity contribution in [3.8, 4) is 0 Å². The van der Waals surface area contributed by atoms with Crippen molar-refractivity contribution in [2.75, 3.05) is 6.54 Å². The van der Waals surface area contributed by atoms with Crippen molar-refractivity contribution < 1.29 is 18.7 Å². The van der Waals surface area contributed by atoms with Crippen LogP contribution in [-0.2, 0) is 11.2 Å². The van der Waals surface area contributed by atoms with Crippen molar-refractivity contribution in [2.45, 2.75) is 44.9 Å². The lowest BCUT2D eigenvalue weighted by Gasteiger charge is -2.43. The lowest BCUT2D eigenvalue weighted by molar-refractivity contribution is -0.131. The second-order valence-electron chi connectivity index (χ2n) is 9.12. The number of hydrogen-bond acceptors (Lipinski definition) is 2. The molecule has 1 aliphatic rings. The van der Waals surface area contributed by atoms with E-state index in [1.807, 2.05) is 11.8 Å². The highest BCUT2D eigenvalue weighted by Crippen LogP contribution is 2.46. The van der Waals surface area contributed by atoms with Crippen LogP contribution in [0.1, 0.15) is 49.2 Å². The minimum atomic E-state index is -1.48. The van der Waals surface area contributed by atoms with E-state index in [1.54, 1.807) is 18.2 Å². The summed E-state index contributed by atoms with van der Waals surface area (Å²) in [5.41, 5.74) is 2.19. The number of fused-ring (bicyclic) bond motifs is 3. The number of carbonyl (C=O) groups is 1. The first-order valence-electron chi connectivity index (χ1n) is 10.6. The summed E-state index contributed by atoms with van der Waals surface area (Å²) in [5.74, 6) is -1.41. The quantitative estimate of drug-likeness (QED) is 0.385. The molecule has 0 saturated carbocycles.